The van der Waals surface area contributed by atoms with Crippen LogP contribution in [-0.2, 0) is 28.6 Å². The molecule has 192 valence electrons. The SMILES string of the molecule is CCCOC(=O)c1ccc(NC(=O)CCCC(=O)OCC(=O)Nc2ccc(C(=O)OCC)cc2)cc1. The summed E-state index contributed by atoms with van der Waals surface area (Å²) in [7, 11) is 0. The molecule has 0 radical (unpaired) electrons. The lowest BCUT2D eigenvalue weighted by molar-refractivity contribution is -0.147. The van der Waals surface area contributed by atoms with Gasteiger partial charge in [-0.15, -0.1) is 0 Å². The van der Waals surface area contributed by atoms with Crippen LogP contribution in [0.25, 0.3) is 0 Å². The van der Waals surface area contributed by atoms with Gasteiger partial charge >= 0.3 is 17.9 Å². The molecule has 2 N–H and O–H groups in total. The average Bonchev–Trinajstić information content (AvgIpc) is 2.87. The van der Waals surface area contributed by atoms with Crippen LogP contribution >= 0.6 is 0 Å². The quantitative estimate of drug-likeness (QED) is 0.315. The Morgan fingerprint density at radius 1 is 0.667 bits per heavy atom. The molecule has 0 bridgehead atoms. The Labute approximate surface area is 209 Å². The molecule has 2 aromatic rings. The molecular weight excluding hydrogens is 468 g/mol. The maximum Gasteiger partial charge on any atom is 0.338 e. The molecule has 0 aromatic heterocycles. The topological polar surface area (TPSA) is 137 Å². The van der Waals surface area contributed by atoms with Crippen LogP contribution in [-0.4, -0.2) is 49.5 Å². The Kier molecular flexibility index (Phi) is 11.6. The maximum atomic E-state index is 12.1. The van der Waals surface area contributed by atoms with Crippen molar-refractivity contribution >= 4 is 41.1 Å². The Bertz CT molecular complexity index is 1050. The predicted molar refractivity (Wildman–Crippen MR) is 131 cm³/mol. The number of anilines is 2. The van der Waals surface area contributed by atoms with Crippen LogP contribution < -0.4 is 10.6 Å². The average molecular weight is 499 g/mol. The van der Waals surface area contributed by atoms with Crippen molar-refractivity contribution in [2.24, 2.45) is 0 Å². The fourth-order valence-corrected chi connectivity index (χ4v) is 2.90. The minimum Gasteiger partial charge on any atom is -0.462 e. The van der Waals surface area contributed by atoms with E-state index < -0.39 is 30.4 Å². The van der Waals surface area contributed by atoms with Crippen molar-refractivity contribution in [2.45, 2.75) is 39.5 Å². The monoisotopic (exact) mass is 498 g/mol. The highest BCUT2D eigenvalue weighted by molar-refractivity contribution is 5.95. The molecule has 10 heteroatoms. The standard InChI is InChI=1S/C26H30N2O8/c1-3-16-35-26(33)19-10-12-20(13-11-19)27-22(29)6-5-7-24(31)36-17-23(30)28-21-14-8-18(9-15-21)25(32)34-4-2/h8-15H,3-7,16-17H2,1-2H3,(H,27,29)(H,28,30). The number of amides is 2. The minimum absolute atomic E-state index is 0.0306. The number of ether oxygens (including phenoxy) is 3. The number of benzene rings is 2. The van der Waals surface area contributed by atoms with Gasteiger partial charge in [0.05, 0.1) is 24.3 Å². The molecule has 10 nitrogen and oxygen atoms in total. The number of nitrogens with one attached hydrogen (secondary N) is 2. The number of esters is 3. The zero-order valence-corrected chi connectivity index (χ0v) is 20.3. The third kappa shape index (κ3) is 9.96. The molecule has 0 aliphatic heterocycles. The summed E-state index contributed by atoms with van der Waals surface area (Å²) in [4.78, 5) is 59.3. The van der Waals surface area contributed by atoms with E-state index in [1.54, 1.807) is 31.2 Å². The fraction of sp³-hybridized carbons (Fsp3) is 0.346. The Morgan fingerprint density at radius 2 is 1.19 bits per heavy atom. The number of rotatable bonds is 13. The maximum absolute atomic E-state index is 12.1. The molecule has 0 aliphatic carbocycles. The van der Waals surface area contributed by atoms with E-state index in [9.17, 15) is 24.0 Å². The number of carbonyl (C=O) groups is 5. The summed E-state index contributed by atoms with van der Waals surface area (Å²) in [6, 6.07) is 12.4. The second-order valence-corrected chi connectivity index (χ2v) is 7.62. The van der Waals surface area contributed by atoms with Gasteiger partial charge in [-0.25, -0.2) is 9.59 Å². The van der Waals surface area contributed by atoms with Crippen LogP contribution in [0.2, 0.25) is 0 Å². The molecule has 0 atom stereocenters. The van der Waals surface area contributed by atoms with Gasteiger partial charge in [0, 0.05) is 24.2 Å². The zero-order chi connectivity index (χ0) is 26.3. The molecule has 2 aromatic carbocycles. The molecule has 2 rings (SSSR count). The van der Waals surface area contributed by atoms with E-state index in [-0.39, 0.29) is 31.8 Å². The lowest BCUT2D eigenvalue weighted by Crippen LogP contribution is -2.21. The van der Waals surface area contributed by atoms with E-state index in [0.717, 1.165) is 6.42 Å². The zero-order valence-electron chi connectivity index (χ0n) is 20.3. The van der Waals surface area contributed by atoms with Crippen molar-refractivity contribution in [1.29, 1.82) is 0 Å². The first-order valence-electron chi connectivity index (χ1n) is 11.6. The number of carbonyl (C=O) groups excluding carboxylic acids is 5. The van der Waals surface area contributed by atoms with E-state index >= 15 is 0 Å². The molecule has 0 saturated heterocycles. The third-order valence-electron chi connectivity index (χ3n) is 4.67. The van der Waals surface area contributed by atoms with Gasteiger partial charge in [0.1, 0.15) is 0 Å². The summed E-state index contributed by atoms with van der Waals surface area (Å²) < 4.78 is 14.9. The number of hydrogen-bond donors (Lipinski definition) is 2. The lowest BCUT2D eigenvalue weighted by Gasteiger charge is -2.08. The van der Waals surface area contributed by atoms with Crippen LogP contribution in [0.4, 0.5) is 11.4 Å². The fourth-order valence-electron chi connectivity index (χ4n) is 2.90. The Morgan fingerprint density at radius 3 is 1.72 bits per heavy atom. The summed E-state index contributed by atoms with van der Waals surface area (Å²) in [5, 5.41) is 5.24. The van der Waals surface area contributed by atoms with Crippen molar-refractivity contribution < 1.29 is 38.2 Å². The van der Waals surface area contributed by atoms with Crippen LogP contribution in [0.15, 0.2) is 48.5 Å². The molecular formula is C26H30N2O8. The van der Waals surface area contributed by atoms with Crippen molar-refractivity contribution in [1.82, 2.24) is 0 Å². The van der Waals surface area contributed by atoms with Crippen LogP contribution in [0, 0.1) is 0 Å². The molecule has 0 unspecified atom stereocenters. The van der Waals surface area contributed by atoms with Crippen LogP contribution in [0.1, 0.15) is 60.2 Å². The highest BCUT2D eigenvalue weighted by Crippen LogP contribution is 2.13. The molecule has 2 amide bonds. The van der Waals surface area contributed by atoms with E-state index in [1.807, 2.05) is 6.92 Å². The molecule has 36 heavy (non-hydrogen) atoms. The summed E-state index contributed by atoms with van der Waals surface area (Å²) >= 11 is 0. The van der Waals surface area contributed by atoms with Gasteiger partial charge in [-0.1, -0.05) is 6.92 Å². The van der Waals surface area contributed by atoms with Crippen molar-refractivity contribution in [3.8, 4) is 0 Å². The summed E-state index contributed by atoms with van der Waals surface area (Å²) in [5.74, 6) is -2.32. The van der Waals surface area contributed by atoms with Crippen molar-refractivity contribution in [3.63, 3.8) is 0 Å². The van der Waals surface area contributed by atoms with Crippen molar-refractivity contribution in [3.05, 3.63) is 59.7 Å². The Balaban J connectivity index is 1.64. The van der Waals surface area contributed by atoms with E-state index in [1.165, 1.54) is 24.3 Å². The highest BCUT2D eigenvalue weighted by atomic mass is 16.5. The normalized spacial score (nSPS) is 10.2. The van der Waals surface area contributed by atoms with Crippen molar-refractivity contribution in [2.75, 3.05) is 30.5 Å². The first-order chi connectivity index (χ1) is 17.3. The summed E-state index contributed by atoms with van der Waals surface area (Å²) in [6.07, 6.45) is 1.02. The minimum atomic E-state index is -0.606. The van der Waals surface area contributed by atoms with Gasteiger partial charge in [-0.05, 0) is 68.3 Å². The van der Waals surface area contributed by atoms with Gasteiger partial charge in [-0.2, -0.15) is 0 Å². The van der Waals surface area contributed by atoms with Gasteiger partial charge in [0.2, 0.25) is 5.91 Å². The summed E-state index contributed by atoms with van der Waals surface area (Å²) in [5.41, 5.74) is 1.70. The van der Waals surface area contributed by atoms with Crippen LogP contribution in [0.3, 0.4) is 0 Å². The second-order valence-electron chi connectivity index (χ2n) is 7.62. The second kappa shape index (κ2) is 14.9. The third-order valence-corrected chi connectivity index (χ3v) is 4.67. The van der Waals surface area contributed by atoms with Gasteiger partial charge in [0.15, 0.2) is 6.61 Å². The lowest BCUT2D eigenvalue weighted by atomic mass is 10.2. The van der Waals surface area contributed by atoms with Gasteiger partial charge in [-0.3, -0.25) is 14.4 Å². The Hall–Kier alpha value is -4.21. The molecule has 0 heterocycles. The smallest absolute Gasteiger partial charge is 0.338 e. The summed E-state index contributed by atoms with van der Waals surface area (Å²) in [6.45, 7) is 3.74. The number of hydrogen-bond acceptors (Lipinski definition) is 8. The van der Waals surface area contributed by atoms with Crippen LogP contribution in [0.5, 0.6) is 0 Å². The van der Waals surface area contributed by atoms with E-state index in [2.05, 4.69) is 10.6 Å². The largest absolute Gasteiger partial charge is 0.462 e. The highest BCUT2D eigenvalue weighted by Gasteiger charge is 2.12. The van der Waals surface area contributed by atoms with Gasteiger partial charge in [0.25, 0.3) is 5.91 Å². The predicted octanol–water partition coefficient (Wildman–Crippen LogP) is 3.72. The molecule has 0 saturated carbocycles. The molecule has 0 spiro atoms. The first kappa shape index (κ1) is 28.0. The first-order valence-corrected chi connectivity index (χ1v) is 11.6. The van der Waals surface area contributed by atoms with Gasteiger partial charge < -0.3 is 24.8 Å². The van der Waals surface area contributed by atoms with E-state index in [4.69, 9.17) is 14.2 Å². The molecule has 0 fully saturated rings. The molecule has 0 aliphatic rings. The van der Waals surface area contributed by atoms with E-state index in [0.29, 0.717) is 29.1 Å².